The van der Waals surface area contributed by atoms with Crippen LogP contribution in [0.3, 0.4) is 0 Å². The molecule has 0 fully saturated rings. The lowest BCUT2D eigenvalue weighted by molar-refractivity contribution is -0.113. The number of amides is 1. The maximum absolute atomic E-state index is 13.6. The van der Waals surface area contributed by atoms with Crippen molar-refractivity contribution >= 4 is 23.4 Å². The number of nitrogens with one attached hydrogen (secondary N) is 1. The van der Waals surface area contributed by atoms with E-state index in [2.05, 4.69) is 15.5 Å². The summed E-state index contributed by atoms with van der Waals surface area (Å²) in [4.78, 5) is 12.0. The van der Waals surface area contributed by atoms with E-state index in [9.17, 15) is 9.18 Å². The van der Waals surface area contributed by atoms with Gasteiger partial charge >= 0.3 is 0 Å². The minimum absolute atomic E-state index is 0.0964. The van der Waals surface area contributed by atoms with Gasteiger partial charge in [0, 0.05) is 7.05 Å². The first kappa shape index (κ1) is 18.9. The fraction of sp³-hybridized carbons (Fsp3) is 0.211. The molecule has 1 heterocycles. The van der Waals surface area contributed by atoms with Crippen molar-refractivity contribution in [3.05, 3.63) is 65.7 Å². The van der Waals surface area contributed by atoms with Gasteiger partial charge in [0.2, 0.25) is 5.91 Å². The summed E-state index contributed by atoms with van der Waals surface area (Å²) >= 11 is 1.22. The van der Waals surface area contributed by atoms with Gasteiger partial charge in [-0.1, -0.05) is 41.6 Å². The van der Waals surface area contributed by atoms with Crippen LogP contribution in [0.4, 0.5) is 10.1 Å². The van der Waals surface area contributed by atoms with E-state index in [1.807, 2.05) is 38.2 Å². The molecule has 2 aromatic carbocycles. The highest BCUT2D eigenvalue weighted by Gasteiger charge is 2.13. The number of carbonyl (C=O) groups excluding carboxylic acids is 1. The Hall–Kier alpha value is -2.87. The maximum Gasteiger partial charge on any atom is 0.234 e. The number of ether oxygens (including phenoxy) is 1. The summed E-state index contributed by atoms with van der Waals surface area (Å²) < 4.78 is 21.0. The van der Waals surface area contributed by atoms with E-state index >= 15 is 0 Å². The molecule has 0 spiro atoms. The van der Waals surface area contributed by atoms with E-state index in [0.717, 1.165) is 11.3 Å². The van der Waals surface area contributed by atoms with E-state index in [0.29, 0.717) is 11.0 Å². The van der Waals surface area contributed by atoms with Gasteiger partial charge in [0.25, 0.3) is 0 Å². The highest BCUT2D eigenvalue weighted by Crippen LogP contribution is 2.19. The molecule has 140 valence electrons. The minimum atomic E-state index is -0.468. The maximum atomic E-state index is 13.6. The van der Waals surface area contributed by atoms with Crippen LogP contribution in [0, 0.1) is 12.7 Å². The number of halogens is 1. The molecule has 1 aromatic heterocycles. The number of hydrogen-bond donors (Lipinski definition) is 1. The molecule has 3 aromatic rings. The predicted octanol–water partition coefficient (Wildman–Crippen LogP) is 3.57. The van der Waals surface area contributed by atoms with Gasteiger partial charge in [0.15, 0.2) is 11.0 Å². The Morgan fingerprint density at radius 1 is 1.19 bits per heavy atom. The van der Waals surface area contributed by atoms with Gasteiger partial charge in [-0.05, 0) is 31.2 Å². The standard InChI is InChI=1S/C19H19FN4O2S/c1-13-7-9-14(10-8-13)26-11-17-22-23-19(24(17)2)27-12-18(25)21-16-6-4-3-5-15(16)20/h3-10H,11-12H2,1-2H3,(H,21,25). The molecule has 6 nitrogen and oxygen atoms in total. The van der Waals surface area contributed by atoms with Gasteiger partial charge in [-0.3, -0.25) is 4.79 Å². The zero-order chi connectivity index (χ0) is 19.2. The van der Waals surface area contributed by atoms with E-state index in [-0.39, 0.29) is 24.0 Å². The van der Waals surface area contributed by atoms with Crippen LogP contribution in [0.5, 0.6) is 5.75 Å². The summed E-state index contributed by atoms with van der Waals surface area (Å²) in [6.45, 7) is 2.28. The normalized spacial score (nSPS) is 10.6. The summed E-state index contributed by atoms with van der Waals surface area (Å²) in [6.07, 6.45) is 0. The van der Waals surface area contributed by atoms with Crippen molar-refractivity contribution in [3.63, 3.8) is 0 Å². The Bertz CT molecular complexity index is 928. The summed E-state index contributed by atoms with van der Waals surface area (Å²) in [7, 11) is 1.81. The third kappa shape index (κ3) is 5.07. The van der Waals surface area contributed by atoms with Gasteiger partial charge in [0.05, 0.1) is 11.4 Å². The number of aromatic nitrogens is 3. The summed E-state index contributed by atoms with van der Waals surface area (Å²) in [5, 5.41) is 11.3. The molecule has 27 heavy (non-hydrogen) atoms. The number of nitrogens with zero attached hydrogens (tertiary/aromatic N) is 3. The van der Waals surface area contributed by atoms with Crippen molar-refractivity contribution < 1.29 is 13.9 Å². The number of aryl methyl sites for hydroxylation is 1. The van der Waals surface area contributed by atoms with Crippen LogP contribution in [0.25, 0.3) is 0 Å². The molecule has 8 heteroatoms. The molecule has 0 saturated heterocycles. The van der Waals surface area contributed by atoms with Crippen LogP contribution >= 0.6 is 11.8 Å². The second kappa shape index (κ2) is 8.68. The van der Waals surface area contributed by atoms with Gasteiger partial charge in [-0.25, -0.2) is 4.39 Å². The second-order valence-corrected chi connectivity index (χ2v) is 6.82. The number of anilines is 1. The van der Waals surface area contributed by atoms with Crippen molar-refractivity contribution in [2.24, 2.45) is 7.05 Å². The number of carbonyl (C=O) groups is 1. The monoisotopic (exact) mass is 386 g/mol. The zero-order valence-electron chi connectivity index (χ0n) is 15.0. The Morgan fingerprint density at radius 2 is 1.93 bits per heavy atom. The molecule has 0 aliphatic carbocycles. The molecule has 0 bridgehead atoms. The molecule has 0 aliphatic heterocycles. The molecule has 0 radical (unpaired) electrons. The number of hydrogen-bond acceptors (Lipinski definition) is 5. The van der Waals surface area contributed by atoms with Crippen LogP contribution in [-0.2, 0) is 18.4 Å². The number of para-hydroxylation sites is 1. The van der Waals surface area contributed by atoms with E-state index in [4.69, 9.17) is 4.74 Å². The SMILES string of the molecule is Cc1ccc(OCc2nnc(SCC(=O)Nc3ccccc3F)n2C)cc1. The average Bonchev–Trinajstić information content (AvgIpc) is 3.01. The lowest BCUT2D eigenvalue weighted by atomic mass is 10.2. The first-order chi connectivity index (χ1) is 13.0. The molecular formula is C19H19FN4O2S. The summed E-state index contributed by atoms with van der Waals surface area (Å²) in [5.74, 6) is 0.712. The Labute approximate surface area is 160 Å². The predicted molar refractivity (Wildman–Crippen MR) is 102 cm³/mol. The van der Waals surface area contributed by atoms with E-state index < -0.39 is 5.82 Å². The molecule has 1 amide bonds. The minimum Gasteiger partial charge on any atom is -0.486 e. The molecule has 1 N–H and O–H groups in total. The van der Waals surface area contributed by atoms with Crippen LogP contribution < -0.4 is 10.1 Å². The number of rotatable bonds is 7. The van der Waals surface area contributed by atoms with Crippen molar-refractivity contribution in [1.29, 1.82) is 0 Å². The molecule has 0 unspecified atom stereocenters. The Balaban J connectivity index is 1.53. The topological polar surface area (TPSA) is 69.0 Å². The number of thioether (sulfide) groups is 1. The third-order valence-corrected chi connectivity index (χ3v) is 4.81. The second-order valence-electron chi connectivity index (χ2n) is 5.88. The number of benzene rings is 2. The van der Waals surface area contributed by atoms with E-state index in [1.54, 1.807) is 16.7 Å². The first-order valence-corrected chi connectivity index (χ1v) is 9.26. The largest absolute Gasteiger partial charge is 0.486 e. The highest BCUT2D eigenvalue weighted by molar-refractivity contribution is 7.99. The van der Waals surface area contributed by atoms with Crippen molar-refractivity contribution in [3.8, 4) is 5.75 Å². The van der Waals surface area contributed by atoms with Crippen LogP contribution in [0.2, 0.25) is 0 Å². The van der Waals surface area contributed by atoms with Gasteiger partial charge < -0.3 is 14.6 Å². The lowest BCUT2D eigenvalue weighted by Crippen LogP contribution is -2.15. The fourth-order valence-corrected chi connectivity index (χ4v) is 2.99. The highest BCUT2D eigenvalue weighted by atomic mass is 32.2. The van der Waals surface area contributed by atoms with Crippen molar-refractivity contribution in [1.82, 2.24) is 14.8 Å². The van der Waals surface area contributed by atoms with Gasteiger partial charge in [0.1, 0.15) is 18.2 Å². The Morgan fingerprint density at radius 3 is 2.67 bits per heavy atom. The average molecular weight is 386 g/mol. The van der Waals surface area contributed by atoms with Crippen molar-refractivity contribution in [2.75, 3.05) is 11.1 Å². The summed E-state index contributed by atoms with van der Waals surface area (Å²) in [6, 6.07) is 13.8. The van der Waals surface area contributed by atoms with Crippen LogP contribution in [0.15, 0.2) is 53.7 Å². The van der Waals surface area contributed by atoms with Crippen LogP contribution in [-0.4, -0.2) is 26.4 Å². The zero-order valence-corrected chi connectivity index (χ0v) is 15.8. The molecule has 0 aliphatic rings. The van der Waals surface area contributed by atoms with Crippen molar-refractivity contribution in [2.45, 2.75) is 18.7 Å². The molecule has 0 atom stereocenters. The van der Waals surface area contributed by atoms with E-state index in [1.165, 1.54) is 23.9 Å². The van der Waals surface area contributed by atoms with Gasteiger partial charge in [-0.15, -0.1) is 10.2 Å². The van der Waals surface area contributed by atoms with Gasteiger partial charge in [-0.2, -0.15) is 0 Å². The molecule has 0 saturated carbocycles. The quantitative estimate of drug-likeness (QED) is 0.629. The van der Waals surface area contributed by atoms with Crippen LogP contribution in [0.1, 0.15) is 11.4 Å². The lowest BCUT2D eigenvalue weighted by Gasteiger charge is -2.07. The first-order valence-electron chi connectivity index (χ1n) is 8.28. The summed E-state index contributed by atoms with van der Waals surface area (Å²) in [5.41, 5.74) is 1.32. The Kier molecular flexibility index (Phi) is 6.08. The smallest absolute Gasteiger partial charge is 0.234 e. The molecular weight excluding hydrogens is 367 g/mol. The third-order valence-electron chi connectivity index (χ3n) is 3.79. The fourth-order valence-electron chi connectivity index (χ4n) is 2.26. The molecule has 3 rings (SSSR count).